The Bertz CT molecular complexity index is 1210. The van der Waals surface area contributed by atoms with Gasteiger partial charge in [0, 0.05) is 5.39 Å². The lowest BCUT2D eigenvalue weighted by molar-refractivity contribution is -0.113. The van der Waals surface area contributed by atoms with Crippen LogP contribution in [0, 0.1) is 0 Å². The lowest BCUT2D eigenvalue weighted by Gasteiger charge is -2.14. The molecular weight excluding hydrogens is 408 g/mol. The Kier molecular flexibility index (Phi) is 5.04. The molecular formula is C21H14N2O4S2. The van der Waals surface area contributed by atoms with Gasteiger partial charge >= 0.3 is 5.97 Å². The monoisotopic (exact) mass is 422 g/mol. The molecule has 0 unspecified atom stereocenters. The van der Waals surface area contributed by atoms with Crippen LogP contribution in [0.1, 0.15) is 16.1 Å². The number of thioether (sulfide) groups is 1. The summed E-state index contributed by atoms with van der Waals surface area (Å²) in [5, 5.41) is 10.1. The summed E-state index contributed by atoms with van der Waals surface area (Å²) in [7, 11) is 1.61. The van der Waals surface area contributed by atoms with Gasteiger partial charge in [-0.15, -0.1) is 0 Å². The number of thiocarbonyl (C=S) groups is 1. The molecule has 1 aliphatic rings. The van der Waals surface area contributed by atoms with Crippen LogP contribution in [0.2, 0.25) is 0 Å². The van der Waals surface area contributed by atoms with Gasteiger partial charge < -0.3 is 9.84 Å². The summed E-state index contributed by atoms with van der Waals surface area (Å²) in [5.74, 6) is -0.625. The summed E-state index contributed by atoms with van der Waals surface area (Å²) < 4.78 is 5.56. The number of aromatic nitrogens is 1. The number of pyridine rings is 1. The molecule has 1 saturated heterocycles. The molecule has 0 aliphatic carbocycles. The molecule has 2 aromatic carbocycles. The van der Waals surface area contributed by atoms with Gasteiger partial charge in [0.15, 0.2) is 4.32 Å². The number of fused-ring (bicyclic) bond motifs is 1. The zero-order chi connectivity index (χ0) is 20.5. The molecule has 29 heavy (non-hydrogen) atoms. The Morgan fingerprint density at radius 1 is 1.21 bits per heavy atom. The van der Waals surface area contributed by atoms with E-state index in [-0.39, 0.29) is 11.5 Å². The molecule has 1 aromatic heterocycles. The van der Waals surface area contributed by atoms with Crippen LogP contribution in [0.4, 0.5) is 5.69 Å². The maximum absolute atomic E-state index is 12.9. The van der Waals surface area contributed by atoms with Gasteiger partial charge in [0.05, 0.1) is 34.5 Å². The molecule has 0 bridgehead atoms. The van der Waals surface area contributed by atoms with E-state index < -0.39 is 5.97 Å². The molecule has 0 saturated carbocycles. The number of rotatable bonds is 4. The van der Waals surface area contributed by atoms with Crippen molar-refractivity contribution in [1.82, 2.24) is 4.98 Å². The van der Waals surface area contributed by atoms with Crippen molar-refractivity contribution in [2.24, 2.45) is 0 Å². The Morgan fingerprint density at radius 3 is 2.79 bits per heavy atom. The molecule has 3 aromatic rings. The third-order valence-electron chi connectivity index (χ3n) is 4.34. The van der Waals surface area contributed by atoms with Gasteiger partial charge in [0.2, 0.25) is 0 Å². The maximum Gasteiger partial charge on any atom is 0.335 e. The largest absolute Gasteiger partial charge is 0.497 e. The zero-order valence-electron chi connectivity index (χ0n) is 15.2. The van der Waals surface area contributed by atoms with Crippen molar-refractivity contribution in [3.05, 3.63) is 70.8 Å². The first-order chi connectivity index (χ1) is 14.0. The topological polar surface area (TPSA) is 79.7 Å². The number of carbonyl (C=O) groups excluding carboxylic acids is 1. The highest BCUT2D eigenvalue weighted by atomic mass is 32.2. The lowest BCUT2D eigenvalue weighted by Crippen LogP contribution is -2.27. The molecule has 1 amide bonds. The fourth-order valence-corrected chi connectivity index (χ4v) is 4.21. The number of hydrogen-bond acceptors (Lipinski definition) is 6. The number of carboxylic acids is 1. The van der Waals surface area contributed by atoms with E-state index in [1.165, 1.54) is 17.0 Å². The smallest absolute Gasteiger partial charge is 0.335 e. The van der Waals surface area contributed by atoms with Crippen LogP contribution in [0.15, 0.2) is 59.5 Å². The number of benzene rings is 2. The summed E-state index contributed by atoms with van der Waals surface area (Å²) in [6, 6.07) is 15.4. The van der Waals surface area contributed by atoms with Crippen LogP contribution in [-0.2, 0) is 4.79 Å². The number of ether oxygens (including phenoxy) is 1. The summed E-state index contributed by atoms with van der Waals surface area (Å²) in [6.07, 6.45) is 1.68. The van der Waals surface area contributed by atoms with Crippen molar-refractivity contribution in [3.63, 3.8) is 0 Å². The van der Waals surface area contributed by atoms with E-state index in [0.717, 1.165) is 28.4 Å². The SMILES string of the molecule is COc1ccc2nc(C=C3SC(=S)N(c4cccc(C(=O)O)c4)C3=O)ccc2c1. The minimum absolute atomic E-state index is 0.0900. The molecule has 2 heterocycles. The summed E-state index contributed by atoms with van der Waals surface area (Å²) in [4.78, 5) is 30.5. The fraction of sp³-hybridized carbons (Fsp3) is 0.0476. The number of anilines is 1. The van der Waals surface area contributed by atoms with Crippen molar-refractivity contribution in [1.29, 1.82) is 0 Å². The normalized spacial score (nSPS) is 15.3. The average Bonchev–Trinajstić information content (AvgIpc) is 3.00. The molecule has 4 rings (SSSR count). The first-order valence-electron chi connectivity index (χ1n) is 8.52. The van der Waals surface area contributed by atoms with Gasteiger partial charge in [0.1, 0.15) is 5.75 Å². The molecule has 1 N–H and O–H groups in total. The van der Waals surface area contributed by atoms with E-state index in [1.807, 2.05) is 30.3 Å². The third kappa shape index (κ3) is 3.72. The Hall–Kier alpha value is -3.23. The second-order valence-corrected chi connectivity index (χ2v) is 7.84. The predicted octanol–water partition coefficient (Wildman–Crippen LogP) is 4.35. The second kappa shape index (κ2) is 7.65. The van der Waals surface area contributed by atoms with E-state index in [1.54, 1.807) is 25.3 Å². The number of nitrogens with zero attached hydrogens (tertiary/aromatic N) is 2. The lowest BCUT2D eigenvalue weighted by atomic mass is 10.2. The van der Waals surface area contributed by atoms with Gasteiger partial charge in [0.25, 0.3) is 5.91 Å². The number of amides is 1. The minimum atomic E-state index is -1.06. The number of hydrogen-bond donors (Lipinski definition) is 1. The van der Waals surface area contributed by atoms with Gasteiger partial charge in [-0.25, -0.2) is 9.78 Å². The highest BCUT2D eigenvalue weighted by Gasteiger charge is 2.33. The molecule has 1 aliphatic heterocycles. The number of carboxylic acid groups (broad SMARTS) is 1. The first kappa shape index (κ1) is 19.1. The first-order valence-corrected chi connectivity index (χ1v) is 9.75. The molecule has 0 spiro atoms. The quantitative estimate of drug-likeness (QED) is 0.495. The van der Waals surface area contributed by atoms with Crippen molar-refractivity contribution in [2.75, 3.05) is 12.0 Å². The van der Waals surface area contributed by atoms with Crippen LogP contribution >= 0.6 is 24.0 Å². The predicted molar refractivity (Wildman–Crippen MR) is 117 cm³/mol. The average molecular weight is 422 g/mol. The van der Waals surface area contributed by atoms with Crippen LogP contribution < -0.4 is 9.64 Å². The number of methoxy groups -OCH3 is 1. The molecule has 1 fully saturated rings. The highest BCUT2D eigenvalue weighted by Crippen LogP contribution is 2.36. The Morgan fingerprint density at radius 2 is 2.03 bits per heavy atom. The maximum atomic E-state index is 12.9. The Balaban J connectivity index is 1.66. The number of aromatic carboxylic acids is 1. The summed E-state index contributed by atoms with van der Waals surface area (Å²) in [5.41, 5.74) is 1.92. The second-order valence-electron chi connectivity index (χ2n) is 6.17. The molecule has 144 valence electrons. The fourth-order valence-electron chi connectivity index (χ4n) is 2.93. The highest BCUT2D eigenvalue weighted by molar-refractivity contribution is 8.27. The van der Waals surface area contributed by atoms with E-state index in [4.69, 9.17) is 17.0 Å². The molecule has 0 atom stereocenters. The van der Waals surface area contributed by atoms with Crippen molar-refractivity contribution in [3.8, 4) is 5.75 Å². The van der Waals surface area contributed by atoms with Crippen LogP contribution in [0.5, 0.6) is 5.75 Å². The van der Waals surface area contributed by atoms with E-state index in [2.05, 4.69) is 4.98 Å². The Labute approximate surface area is 175 Å². The van der Waals surface area contributed by atoms with Gasteiger partial charge in [-0.3, -0.25) is 9.69 Å². The van der Waals surface area contributed by atoms with Crippen LogP contribution in [0.25, 0.3) is 17.0 Å². The molecule has 8 heteroatoms. The van der Waals surface area contributed by atoms with Crippen molar-refractivity contribution >= 4 is 62.8 Å². The van der Waals surface area contributed by atoms with Gasteiger partial charge in [-0.1, -0.05) is 36.1 Å². The van der Waals surface area contributed by atoms with Crippen molar-refractivity contribution < 1.29 is 19.4 Å². The van der Waals surface area contributed by atoms with E-state index in [0.29, 0.717) is 20.6 Å². The van der Waals surface area contributed by atoms with E-state index in [9.17, 15) is 14.7 Å². The zero-order valence-corrected chi connectivity index (χ0v) is 16.8. The summed E-state index contributed by atoms with van der Waals surface area (Å²) in [6.45, 7) is 0. The van der Waals surface area contributed by atoms with Gasteiger partial charge in [-0.2, -0.15) is 0 Å². The number of carbonyl (C=O) groups is 2. The van der Waals surface area contributed by atoms with Crippen molar-refractivity contribution in [2.45, 2.75) is 0 Å². The molecule has 0 radical (unpaired) electrons. The standard InChI is InChI=1S/C21H14N2O4S2/c1-27-16-7-8-17-12(10-16)5-6-14(22-17)11-18-19(24)23(21(28)29-18)15-4-2-3-13(9-15)20(25)26/h2-11H,1H3,(H,25,26). The minimum Gasteiger partial charge on any atom is -0.497 e. The van der Waals surface area contributed by atoms with E-state index >= 15 is 0 Å². The third-order valence-corrected chi connectivity index (χ3v) is 5.64. The van der Waals surface area contributed by atoms with Crippen LogP contribution in [0.3, 0.4) is 0 Å². The molecule has 6 nitrogen and oxygen atoms in total. The van der Waals surface area contributed by atoms with Crippen LogP contribution in [-0.4, -0.2) is 33.4 Å². The summed E-state index contributed by atoms with van der Waals surface area (Å²) >= 11 is 6.51. The van der Waals surface area contributed by atoms with Gasteiger partial charge in [-0.05, 0) is 48.5 Å².